The number of nitrogens with one attached hydrogen (secondary N) is 1. The van der Waals surface area contributed by atoms with E-state index in [1.807, 2.05) is 0 Å². The number of hydrogen-bond acceptors (Lipinski definition) is 4. The molecule has 1 rings (SSSR count). The first kappa shape index (κ1) is 15.2. The summed E-state index contributed by atoms with van der Waals surface area (Å²) in [6.07, 6.45) is 1.00. The standard InChI is InChI=1S/C13H15NO4S/c1-10-5-6-11(4-3-7-15)8-12(10)14-13(16)9-19(2,17)18/h5-6,8,15H,7,9H2,1-2H3,(H,14,16). The lowest BCUT2D eigenvalue weighted by molar-refractivity contribution is -0.113. The molecule has 0 aromatic heterocycles. The minimum Gasteiger partial charge on any atom is -0.384 e. The van der Waals surface area contributed by atoms with Crippen molar-refractivity contribution in [1.82, 2.24) is 0 Å². The molecule has 102 valence electrons. The molecule has 1 aromatic carbocycles. The van der Waals surface area contributed by atoms with Gasteiger partial charge in [0.15, 0.2) is 9.84 Å². The quantitative estimate of drug-likeness (QED) is 0.782. The van der Waals surface area contributed by atoms with Gasteiger partial charge in [-0.1, -0.05) is 17.9 Å². The monoisotopic (exact) mass is 281 g/mol. The number of hydrogen-bond donors (Lipinski definition) is 2. The molecule has 0 spiro atoms. The Labute approximate surface area is 112 Å². The second-order valence-electron chi connectivity index (χ2n) is 4.11. The number of benzene rings is 1. The Morgan fingerprint density at radius 2 is 2.11 bits per heavy atom. The van der Waals surface area contributed by atoms with Gasteiger partial charge in [-0.05, 0) is 24.6 Å². The molecule has 0 radical (unpaired) electrons. The molecule has 0 atom stereocenters. The number of amides is 1. The van der Waals surface area contributed by atoms with E-state index in [-0.39, 0.29) is 6.61 Å². The third-order valence-electron chi connectivity index (χ3n) is 2.22. The Bertz CT molecular complexity index is 638. The largest absolute Gasteiger partial charge is 0.384 e. The summed E-state index contributed by atoms with van der Waals surface area (Å²) < 4.78 is 22.0. The van der Waals surface area contributed by atoms with E-state index in [9.17, 15) is 13.2 Å². The second kappa shape index (κ2) is 6.36. The van der Waals surface area contributed by atoms with Crippen molar-refractivity contribution in [3.63, 3.8) is 0 Å². The number of anilines is 1. The van der Waals surface area contributed by atoms with Gasteiger partial charge in [-0.25, -0.2) is 8.42 Å². The molecular weight excluding hydrogens is 266 g/mol. The first-order valence-electron chi connectivity index (χ1n) is 5.50. The molecule has 0 fully saturated rings. The third-order valence-corrected chi connectivity index (χ3v) is 3.00. The van der Waals surface area contributed by atoms with Crippen molar-refractivity contribution in [3.05, 3.63) is 29.3 Å². The van der Waals surface area contributed by atoms with Crippen LogP contribution < -0.4 is 5.32 Å². The molecule has 5 nitrogen and oxygen atoms in total. The molecule has 0 bridgehead atoms. The van der Waals surface area contributed by atoms with Crippen LogP contribution >= 0.6 is 0 Å². The molecule has 6 heteroatoms. The Morgan fingerprint density at radius 3 is 2.68 bits per heavy atom. The van der Waals surface area contributed by atoms with Crippen LogP contribution in [0, 0.1) is 18.8 Å². The smallest absolute Gasteiger partial charge is 0.239 e. The molecule has 0 saturated heterocycles. The number of aryl methyl sites for hydroxylation is 1. The van der Waals surface area contributed by atoms with E-state index in [0.29, 0.717) is 11.3 Å². The van der Waals surface area contributed by atoms with Crippen LogP contribution in [0.5, 0.6) is 0 Å². The van der Waals surface area contributed by atoms with Gasteiger partial charge >= 0.3 is 0 Å². The zero-order valence-corrected chi connectivity index (χ0v) is 11.5. The predicted molar refractivity (Wildman–Crippen MR) is 73.5 cm³/mol. The maximum Gasteiger partial charge on any atom is 0.239 e. The van der Waals surface area contributed by atoms with Crippen molar-refractivity contribution in [2.24, 2.45) is 0 Å². The van der Waals surface area contributed by atoms with Gasteiger partial charge < -0.3 is 10.4 Å². The van der Waals surface area contributed by atoms with Crippen LogP contribution in [0.15, 0.2) is 18.2 Å². The normalized spacial score (nSPS) is 10.5. The number of carbonyl (C=O) groups is 1. The number of aliphatic hydroxyl groups excluding tert-OH is 1. The predicted octanol–water partition coefficient (Wildman–Crippen LogP) is 0.322. The van der Waals surface area contributed by atoms with Crippen molar-refractivity contribution in [2.75, 3.05) is 23.9 Å². The second-order valence-corrected chi connectivity index (χ2v) is 6.25. The van der Waals surface area contributed by atoms with Gasteiger partial charge in [0, 0.05) is 17.5 Å². The first-order valence-corrected chi connectivity index (χ1v) is 7.56. The molecule has 0 aliphatic heterocycles. The molecule has 1 aromatic rings. The first-order chi connectivity index (χ1) is 8.81. The van der Waals surface area contributed by atoms with Crippen LogP contribution in [0.1, 0.15) is 11.1 Å². The molecule has 0 heterocycles. The highest BCUT2D eigenvalue weighted by atomic mass is 32.2. The van der Waals surface area contributed by atoms with Gasteiger partial charge in [0.05, 0.1) is 0 Å². The minimum absolute atomic E-state index is 0.246. The highest BCUT2D eigenvalue weighted by molar-refractivity contribution is 7.91. The van der Waals surface area contributed by atoms with E-state index in [0.717, 1.165) is 11.8 Å². The molecule has 2 N–H and O–H groups in total. The van der Waals surface area contributed by atoms with Crippen molar-refractivity contribution in [2.45, 2.75) is 6.92 Å². The topological polar surface area (TPSA) is 83.5 Å². The van der Waals surface area contributed by atoms with Gasteiger partial charge in [0.25, 0.3) is 0 Å². The van der Waals surface area contributed by atoms with E-state index < -0.39 is 21.5 Å². The summed E-state index contributed by atoms with van der Waals surface area (Å²) in [4.78, 5) is 11.5. The van der Waals surface area contributed by atoms with Crippen molar-refractivity contribution >= 4 is 21.4 Å². The summed E-state index contributed by atoms with van der Waals surface area (Å²) >= 11 is 0. The fourth-order valence-electron chi connectivity index (χ4n) is 1.40. The van der Waals surface area contributed by atoms with Crippen molar-refractivity contribution in [1.29, 1.82) is 0 Å². The van der Waals surface area contributed by atoms with E-state index in [2.05, 4.69) is 17.2 Å². The van der Waals surface area contributed by atoms with Crippen LogP contribution in [-0.2, 0) is 14.6 Å². The highest BCUT2D eigenvalue weighted by Gasteiger charge is 2.12. The zero-order valence-electron chi connectivity index (χ0n) is 10.7. The SMILES string of the molecule is Cc1ccc(C#CCO)cc1NC(=O)CS(C)(=O)=O. The summed E-state index contributed by atoms with van der Waals surface area (Å²) in [6, 6.07) is 5.15. The average molecular weight is 281 g/mol. The number of carbonyl (C=O) groups excluding carboxylic acids is 1. The lowest BCUT2D eigenvalue weighted by atomic mass is 10.1. The molecule has 0 aliphatic carbocycles. The Hall–Kier alpha value is -1.84. The average Bonchev–Trinajstić information content (AvgIpc) is 2.27. The lowest BCUT2D eigenvalue weighted by Crippen LogP contribution is -2.22. The summed E-state index contributed by atoms with van der Waals surface area (Å²) in [5.74, 6) is 4.07. The minimum atomic E-state index is -3.35. The lowest BCUT2D eigenvalue weighted by Gasteiger charge is -2.08. The highest BCUT2D eigenvalue weighted by Crippen LogP contribution is 2.16. The van der Waals surface area contributed by atoms with E-state index in [4.69, 9.17) is 5.11 Å². The molecule has 0 aliphatic rings. The number of aliphatic hydroxyl groups is 1. The van der Waals surface area contributed by atoms with Gasteiger partial charge in [-0.3, -0.25) is 4.79 Å². The summed E-state index contributed by atoms with van der Waals surface area (Å²) in [6.45, 7) is 1.54. The van der Waals surface area contributed by atoms with Crippen LogP contribution in [-0.4, -0.2) is 38.0 Å². The third kappa shape index (κ3) is 5.55. The van der Waals surface area contributed by atoms with Gasteiger partial charge in [0.2, 0.25) is 5.91 Å². The Morgan fingerprint density at radius 1 is 1.42 bits per heavy atom. The molecule has 1 amide bonds. The van der Waals surface area contributed by atoms with Crippen LogP contribution in [0.3, 0.4) is 0 Å². The van der Waals surface area contributed by atoms with E-state index in [1.54, 1.807) is 25.1 Å². The molecule has 0 saturated carbocycles. The zero-order chi connectivity index (χ0) is 14.5. The van der Waals surface area contributed by atoms with Crippen LogP contribution in [0.2, 0.25) is 0 Å². The number of rotatable bonds is 3. The fourth-order valence-corrected chi connectivity index (χ4v) is 1.95. The van der Waals surface area contributed by atoms with Crippen LogP contribution in [0.4, 0.5) is 5.69 Å². The Kier molecular flexibility index (Phi) is 5.10. The van der Waals surface area contributed by atoms with E-state index >= 15 is 0 Å². The van der Waals surface area contributed by atoms with Gasteiger partial charge in [-0.2, -0.15) is 0 Å². The number of sulfone groups is 1. The van der Waals surface area contributed by atoms with Crippen molar-refractivity contribution in [3.8, 4) is 11.8 Å². The maximum absolute atomic E-state index is 11.5. The Balaban J connectivity index is 2.91. The fraction of sp³-hybridized carbons (Fsp3) is 0.308. The molecular formula is C13H15NO4S. The van der Waals surface area contributed by atoms with E-state index in [1.165, 1.54) is 0 Å². The summed E-state index contributed by atoms with van der Waals surface area (Å²) in [5, 5.41) is 11.1. The van der Waals surface area contributed by atoms with Crippen LogP contribution in [0.25, 0.3) is 0 Å². The summed E-state index contributed by atoms with van der Waals surface area (Å²) in [7, 11) is -3.35. The maximum atomic E-state index is 11.5. The van der Waals surface area contributed by atoms with Crippen molar-refractivity contribution < 1.29 is 18.3 Å². The summed E-state index contributed by atoms with van der Waals surface area (Å²) in [5.41, 5.74) is 1.95. The molecule has 19 heavy (non-hydrogen) atoms. The van der Waals surface area contributed by atoms with Gasteiger partial charge in [0.1, 0.15) is 12.4 Å². The molecule has 0 unspecified atom stereocenters. The van der Waals surface area contributed by atoms with Gasteiger partial charge in [-0.15, -0.1) is 0 Å².